The zero-order valence-corrected chi connectivity index (χ0v) is 20.0. The van der Waals surface area contributed by atoms with Crippen LogP contribution >= 0.6 is 0 Å². The molecule has 0 saturated heterocycles. The SMILES string of the molecule is CCCCCCc1ccc(-c2ccc(C(=O)Oc3ccc(OCCCCC)cc3)cc2)cc1. The Bertz CT molecular complexity index is 957. The summed E-state index contributed by atoms with van der Waals surface area (Å²) in [5.74, 6) is 0.947. The van der Waals surface area contributed by atoms with Gasteiger partial charge in [-0.2, -0.15) is 0 Å². The summed E-state index contributed by atoms with van der Waals surface area (Å²) in [5, 5.41) is 0. The number of carbonyl (C=O) groups is 1. The van der Waals surface area contributed by atoms with Crippen molar-refractivity contribution in [3.63, 3.8) is 0 Å². The van der Waals surface area contributed by atoms with E-state index in [1.165, 1.54) is 44.1 Å². The molecule has 0 aliphatic heterocycles. The Morgan fingerprint density at radius 1 is 0.636 bits per heavy atom. The summed E-state index contributed by atoms with van der Waals surface area (Å²) in [6.07, 6.45) is 9.65. The normalized spacial score (nSPS) is 10.7. The molecule has 3 aromatic rings. The molecule has 0 amide bonds. The van der Waals surface area contributed by atoms with Crippen molar-refractivity contribution in [3.8, 4) is 22.6 Å². The van der Waals surface area contributed by atoms with Gasteiger partial charge in [0.25, 0.3) is 0 Å². The van der Waals surface area contributed by atoms with E-state index in [1.807, 2.05) is 36.4 Å². The molecule has 3 nitrogen and oxygen atoms in total. The molecule has 0 aromatic heterocycles. The van der Waals surface area contributed by atoms with E-state index in [1.54, 1.807) is 12.1 Å². The second-order valence-corrected chi connectivity index (χ2v) is 8.50. The second kappa shape index (κ2) is 13.5. The Morgan fingerprint density at radius 2 is 1.21 bits per heavy atom. The Morgan fingerprint density at radius 3 is 1.85 bits per heavy atom. The van der Waals surface area contributed by atoms with Crippen molar-refractivity contribution in [1.29, 1.82) is 0 Å². The number of aryl methyl sites for hydroxylation is 1. The summed E-state index contributed by atoms with van der Waals surface area (Å²) in [4.78, 5) is 12.5. The maximum Gasteiger partial charge on any atom is 0.343 e. The third kappa shape index (κ3) is 8.09. The number of hydrogen-bond donors (Lipinski definition) is 0. The smallest absolute Gasteiger partial charge is 0.343 e. The average Bonchev–Trinajstić information content (AvgIpc) is 2.86. The number of hydrogen-bond acceptors (Lipinski definition) is 3. The highest BCUT2D eigenvalue weighted by Crippen LogP contribution is 2.23. The lowest BCUT2D eigenvalue weighted by Crippen LogP contribution is -2.08. The summed E-state index contributed by atoms with van der Waals surface area (Å²) in [7, 11) is 0. The average molecular weight is 445 g/mol. The molecule has 0 unspecified atom stereocenters. The first-order valence-electron chi connectivity index (χ1n) is 12.3. The standard InChI is InChI=1S/C30H36O3/c1-3-5-7-8-10-24-11-13-25(14-12-24)26-15-17-27(18-16-26)30(31)33-29-21-19-28(20-22-29)32-23-9-6-4-2/h11-22H,3-10,23H2,1-2H3. The van der Waals surface area contributed by atoms with Crippen molar-refractivity contribution >= 4 is 5.97 Å². The van der Waals surface area contributed by atoms with Crippen molar-refractivity contribution in [2.75, 3.05) is 6.61 Å². The van der Waals surface area contributed by atoms with Crippen molar-refractivity contribution in [3.05, 3.63) is 83.9 Å². The van der Waals surface area contributed by atoms with Gasteiger partial charge in [0.2, 0.25) is 0 Å². The van der Waals surface area contributed by atoms with Crippen LogP contribution in [0.1, 0.15) is 74.7 Å². The lowest BCUT2D eigenvalue weighted by molar-refractivity contribution is 0.0734. The molecular weight excluding hydrogens is 408 g/mol. The Balaban J connectivity index is 1.51. The van der Waals surface area contributed by atoms with Crippen LogP contribution in [0.4, 0.5) is 0 Å². The molecule has 0 aliphatic carbocycles. The van der Waals surface area contributed by atoms with Gasteiger partial charge in [-0.05, 0) is 72.4 Å². The van der Waals surface area contributed by atoms with Crippen LogP contribution in [0.25, 0.3) is 11.1 Å². The largest absolute Gasteiger partial charge is 0.494 e. The summed E-state index contributed by atoms with van der Waals surface area (Å²) >= 11 is 0. The van der Waals surface area contributed by atoms with E-state index in [9.17, 15) is 4.79 Å². The van der Waals surface area contributed by atoms with Crippen LogP contribution in [0.3, 0.4) is 0 Å². The summed E-state index contributed by atoms with van der Waals surface area (Å²) < 4.78 is 11.2. The molecule has 33 heavy (non-hydrogen) atoms. The van der Waals surface area contributed by atoms with Crippen molar-refractivity contribution in [2.24, 2.45) is 0 Å². The quantitative estimate of drug-likeness (QED) is 0.151. The van der Waals surface area contributed by atoms with E-state index < -0.39 is 0 Å². The first kappa shape index (κ1) is 24.6. The molecule has 174 valence electrons. The van der Waals surface area contributed by atoms with Gasteiger partial charge in [0.1, 0.15) is 11.5 Å². The fourth-order valence-corrected chi connectivity index (χ4v) is 3.73. The van der Waals surface area contributed by atoms with Gasteiger partial charge in [-0.25, -0.2) is 4.79 Å². The molecule has 0 saturated carbocycles. The summed E-state index contributed by atoms with van der Waals surface area (Å²) in [5.41, 5.74) is 4.16. The van der Waals surface area contributed by atoms with Gasteiger partial charge in [0.05, 0.1) is 12.2 Å². The minimum Gasteiger partial charge on any atom is -0.494 e. The number of rotatable bonds is 13. The maximum atomic E-state index is 12.5. The minimum atomic E-state index is -0.361. The fourth-order valence-electron chi connectivity index (χ4n) is 3.73. The molecule has 0 aliphatic rings. The predicted octanol–water partition coefficient (Wildman–Crippen LogP) is 8.26. The van der Waals surface area contributed by atoms with Gasteiger partial charge >= 0.3 is 5.97 Å². The first-order chi connectivity index (χ1) is 16.2. The fraction of sp³-hybridized carbons (Fsp3) is 0.367. The number of unbranched alkanes of at least 4 members (excludes halogenated alkanes) is 5. The first-order valence-corrected chi connectivity index (χ1v) is 12.3. The van der Waals surface area contributed by atoms with Crippen LogP contribution in [0, 0.1) is 0 Å². The number of ether oxygens (including phenoxy) is 2. The zero-order valence-electron chi connectivity index (χ0n) is 20.0. The van der Waals surface area contributed by atoms with E-state index in [0.717, 1.165) is 29.7 Å². The Labute approximate surface area is 198 Å². The maximum absolute atomic E-state index is 12.5. The van der Waals surface area contributed by atoms with E-state index in [2.05, 4.69) is 38.1 Å². The van der Waals surface area contributed by atoms with Crippen molar-refractivity contribution in [2.45, 2.75) is 65.2 Å². The molecule has 0 fully saturated rings. The van der Waals surface area contributed by atoms with Crippen LogP contribution in [-0.2, 0) is 6.42 Å². The Hall–Kier alpha value is -3.07. The lowest BCUT2D eigenvalue weighted by atomic mass is 10.0. The van der Waals surface area contributed by atoms with Crippen LogP contribution in [0.15, 0.2) is 72.8 Å². The molecule has 0 bridgehead atoms. The predicted molar refractivity (Wildman–Crippen MR) is 136 cm³/mol. The molecule has 0 N–H and O–H groups in total. The molecule has 0 radical (unpaired) electrons. The molecule has 3 heteroatoms. The highest BCUT2D eigenvalue weighted by molar-refractivity contribution is 5.91. The van der Waals surface area contributed by atoms with Gasteiger partial charge < -0.3 is 9.47 Å². The van der Waals surface area contributed by atoms with Gasteiger partial charge in [-0.15, -0.1) is 0 Å². The number of esters is 1. The van der Waals surface area contributed by atoms with Gasteiger partial charge in [-0.3, -0.25) is 0 Å². The van der Waals surface area contributed by atoms with E-state index in [-0.39, 0.29) is 5.97 Å². The summed E-state index contributed by atoms with van der Waals surface area (Å²) in [6.45, 7) is 5.12. The van der Waals surface area contributed by atoms with Gasteiger partial charge in [-0.1, -0.05) is 82.3 Å². The van der Waals surface area contributed by atoms with Crippen molar-refractivity contribution < 1.29 is 14.3 Å². The zero-order chi connectivity index (χ0) is 23.3. The number of carbonyl (C=O) groups excluding carboxylic acids is 1. The number of benzene rings is 3. The topological polar surface area (TPSA) is 35.5 Å². The molecule has 0 atom stereocenters. The molecular formula is C30H36O3. The monoisotopic (exact) mass is 444 g/mol. The van der Waals surface area contributed by atoms with Crippen LogP contribution in [-0.4, -0.2) is 12.6 Å². The second-order valence-electron chi connectivity index (χ2n) is 8.50. The van der Waals surface area contributed by atoms with E-state index in [0.29, 0.717) is 17.9 Å². The highest BCUT2D eigenvalue weighted by atomic mass is 16.5. The van der Waals surface area contributed by atoms with Crippen molar-refractivity contribution in [1.82, 2.24) is 0 Å². The molecule has 3 rings (SSSR count). The Kier molecular flexibility index (Phi) is 10.0. The van der Waals surface area contributed by atoms with E-state index in [4.69, 9.17) is 9.47 Å². The molecule has 0 spiro atoms. The third-order valence-electron chi connectivity index (χ3n) is 5.78. The van der Waals surface area contributed by atoms with Crippen LogP contribution < -0.4 is 9.47 Å². The van der Waals surface area contributed by atoms with Gasteiger partial charge in [0, 0.05) is 0 Å². The van der Waals surface area contributed by atoms with Crippen LogP contribution in [0.2, 0.25) is 0 Å². The third-order valence-corrected chi connectivity index (χ3v) is 5.78. The minimum absolute atomic E-state index is 0.361. The lowest BCUT2D eigenvalue weighted by Gasteiger charge is -2.08. The van der Waals surface area contributed by atoms with E-state index >= 15 is 0 Å². The summed E-state index contributed by atoms with van der Waals surface area (Å²) in [6, 6.07) is 23.5. The molecule has 0 heterocycles. The highest BCUT2D eigenvalue weighted by Gasteiger charge is 2.09. The van der Waals surface area contributed by atoms with Gasteiger partial charge in [0.15, 0.2) is 0 Å². The van der Waals surface area contributed by atoms with Crippen LogP contribution in [0.5, 0.6) is 11.5 Å². The molecule has 3 aromatic carbocycles.